The van der Waals surface area contributed by atoms with Crippen molar-refractivity contribution in [1.82, 2.24) is 9.97 Å². The molecule has 0 saturated carbocycles. The van der Waals surface area contributed by atoms with Crippen LogP contribution in [0.1, 0.15) is 12.2 Å². The van der Waals surface area contributed by atoms with E-state index in [0.717, 1.165) is 18.2 Å². The van der Waals surface area contributed by atoms with E-state index in [2.05, 4.69) is 9.97 Å². The third-order valence-electron chi connectivity index (χ3n) is 2.37. The molecule has 0 fully saturated rings. The molecular formula is C13H9F2N3. The van der Waals surface area contributed by atoms with Crippen LogP contribution < -0.4 is 0 Å². The molecule has 0 bridgehead atoms. The molecule has 0 saturated heterocycles. The van der Waals surface area contributed by atoms with E-state index in [1.807, 2.05) is 6.07 Å². The van der Waals surface area contributed by atoms with Crippen LogP contribution in [0, 0.1) is 23.0 Å². The molecule has 0 aliphatic heterocycles. The zero-order chi connectivity index (χ0) is 13.0. The minimum Gasteiger partial charge on any atom is -0.241 e. The van der Waals surface area contributed by atoms with E-state index in [1.54, 1.807) is 0 Å². The predicted molar refractivity (Wildman–Crippen MR) is 61.3 cm³/mol. The lowest BCUT2D eigenvalue weighted by atomic mass is 10.1. The maximum absolute atomic E-state index is 13.6. The summed E-state index contributed by atoms with van der Waals surface area (Å²) in [5, 5.41) is 8.48. The summed E-state index contributed by atoms with van der Waals surface area (Å²) in [6.07, 6.45) is 2.15. The van der Waals surface area contributed by atoms with Crippen molar-refractivity contribution in [3.63, 3.8) is 0 Å². The van der Waals surface area contributed by atoms with Gasteiger partial charge in [-0.05, 0) is 24.3 Å². The average Bonchev–Trinajstić information content (AvgIpc) is 2.39. The van der Waals surface area contributed by atoms with Crippen LogP contribution in [-0.2, 0) is 6.42 Å². The minimum absolute atomic E-state index is 0.0932. The first kappa shape index (κ1) is 12.1. The van der Waals surface area contributed by atoms with Crippen molar-refractivity contribution in [2.45, 2.75) is 12.8 Å². The number of nitrogens with zero attached hydrogens (tertiary/aromatic N) is 3. The lowest BCUT2D eigenvalue weighted by Crippen LogP contribution is -1.97. The number of nitriles is 1. The Morgan fingerprint density at radius 3 is 2.83 bits per heavy atom. The number of halogens is 2. The highest BCUT2D eigenvalue weighted by molar-refractivity contribution is 5.59. The minimum atomic E-state index is -0.540. The number of aromatic nitrogens is 2. The normalized spacial score (nSPS) is 10.1. The van der Waals surface area contributed by atoms with Gasteiger partial charge in [0.1, 0.15) is 17.5 Å². The Morgan fingerprint density at radius 2 is 2.06 bits per heavy atom. The first-order chi connectivity index (χ1) is 8.70. The molecule has 0 aliphatic carbocycles. The van der Waals surface area contributed by atoms with Crippen molar-refractivity contribution >= 4 is 0 Å². The van der Waals surface area contributed by atoms with Gasteiger partial charge in [-0.2, -0.15) is 5.26 Å². The van der Waals surface area contributed by atoms with Gasteiger partial charge in [0.2, 0.25) is 0 Å². The third-order valence-corrected chi connectivity index (χ3v) is 2.37. The summed E-state index contributed by atoms with van der Waals surface area (Å²) in [6, 6.07) is 6.69. The fraction of sp³-hybridized carbons (Fsp3) is 0.154. The van der Waals surface area contributed by atoms with Gasteiger partial charge in [0.25, 0.3) is 0 Å². The Hall–Kier alpha value is -2.35. The maximum atomic E-state index is 13.6. The topological polar surface area (TPSA) is 49.6 Å². The Morgan fingerprint density at radius 1 is 1.22 bits per heavy atom. The maximum Gasteiger partial charge on any atom is 0.132 e. The van der Waals surface area contributed by atoms with E-state index < -0.39 is 11.6 Å². The molecule has 5 heteroatoms. The Labute approximate surface area is 103 Å². The van der Waals surface area contributed by atoms with E-state index >= 15 is 0 Å². The molecule has 0 atom stereocenters. The molecular weight excluding hydrogens is 236 g/mol. The lowest BCUT2D eigenvalue weighted by molar-refractivity contribution is 0.602. The van der Waals surface area contributed by atoms with E-state index in [0.29, 0.717) is 17.9 Å². The van der Waals surface area contributed by atoms with Crippen molar-refractivity contribution in [1.29, 1.82) is 5.26 Å². The van der Waals surface area contributed by atoms with Gasteiger partial charge in [-0.1, -0.05) is 0 Å². The SMILES string of the molecule is N#CCCc1nccc(-c2cc(F)ccc2F)n1. The van der Waals surface area contributed by atoms with Gasteiger partial charge in [0.05, 0.1) is 11.8 Å². The summed E-state index contributed by atoms with van der Waals surface area (Å²) in [5.41, 5.74) is 0.408. The first-order valence-corrected chi connectivity index (χ1v) is 5.35. The van der Waals surface area contributed by atoms with Crippen molar-refractivity contribution < 1.29 is 8.78 Å². The van der Waals surface area contributed by atoms with Gasteiger partial charge in [0.15, 0.2) is 0 Å². The van der Waals surface area contributed by atoms with Crippen LogP contribution in [0.5, 0.6) is 0 Å². The van der Waals surface area contributed by atoms with E-state index in [9.17, 15) is 8.78 Å². The van der Waals surface area contributed by atoms with E-state index in [1.165, 1.54) is 12.3 Å². The highest BCUT2D eigenvalue weighted by Gasteiger charge is 2.09. The molecule has 0 N–H and O–H groups in total. The molecule has 0 spiro atoms. The number of hydrogen-bond donors (Lipinski definition) is 0. The second kappa shape index (κ2) is 5.32. The van der Waals surface area contributed by atoms with Crippen LogP contribution in [0.15, 0.2) is 30.5 Å². The van der Waals surface area contributed by atoms with Crippen LogP contribution in [0.25, 0.3) is 11.3 Å². The standard InChI is InChI=1S/C13H9F2N3/c14-9-3-4-11(15)10(8-9)12-5-7-17-13(18-12)2-1-6-16/h3-5,7-8H,1-2H2. The second-order valence-corrected chi connectivity index (χ2v) is 3.64. The van der Waals surface area contributed by atoms with Crippen molar-refractivity contribution in [2.24, 2.45) is 0 Å². The molecule has 1 aromatic heterocycles. The van der Waals surface area contributed by atoms with E-state index in [-0.39, 0.29) is 12.0 Å². The van der Waals surface area contributed by atoms with Crippen molar-refractivity contribution in [2.75, 3.05) is 0 Å². The lowest BCUT2D eigenvalue weighted by Gasteiger charge is -2.04. The molecule has 1 aromatic carbocycles. The molecule has 0 aliphatic rings. The van der Waals surface area contributed by atoms with Crippen molar-refractivity contribution in [3.05, 3.63) is 47.9 Å². The van der Waals surface area contributed by atoms with Crippen LogP contribution in [0.3, 0.4) is 0 Å². The molecule has 90 valence electrons. The van der Waals surface area contributed by atoms with Crippen LogP contribution in [0.2, 0.25) is 0 Å². The molecule has 3 nitrogen and oxygen atoms in total. The zero-order valence-electron chi connectivity index (χ0n) is 9.40. The smallest absolute Gasteiger partial charge is 0.132 e. The average molecular weight is 245 g/mol. The van der Waals surface area contributed by atoms with Gasteiger partial charge in [-0.3, -0.25) is 0 Å². The molecule has 0 amide bonds. The van der Waals surface area contributed by atoms with Gasteiger partial charge in [-0.15, -0.1) is 0 Å². The summed E-state index contributed by atoms with van der Waals surface area (Å²) in [5.74, 6) is -0.623. The Balaban J connectivity index is 2.38. The van der Waals surface area contributed by atoms with Crippen LogP contribution in [0.4, 0.5) is 8.78 Å². The Bertz CT molecular complexity index is 605. The zero-order valence-corrected chi connectivity index (χ0v) is 9.40. The fourth-order valence-corrected chi connectivity index (χ4v) is 1.53. The monoisotopic (exact) mass is 245 g/mol. The van der Waals surface area contributed by atoms with Gasteiger partial charge in [-0.25, -0.2) is 18.7 Å². The van der Waals surface area contributed by atoms with Crippen molar-refractivity contribution in [3.8, 4) is 17.3 Å². The summed E-state index contributed by atoms with van der Waals surface area (Å²) in [4.78, 5) is 8.09. The molecule has 18 heavy (non-hydrogen) atoms. The molecule has 0 unspecified atom stereocenters. The summed E-state index contributed by atoms with van der Waals surface area (Å²) >= 11 is 0. The highest BCUT2D eigenvalue weighted by Crippen LogP contribution is 2.21. The molecule has 1 heterocycles. The van der Waals surface area contributed by atoms with Crippen LogP contribution in [-0.4, -0.2) is 9.97 Å². The predicted octanol–water partition coefficient (Wildman–Crippen LogP) is 2.88. The summed E-state index contributed by atoms with van der Waals surface area (Å²) in [6.45, 7) is 0. The molecule has 2 aromatic rings. The van der Waals surface area contributed by atoms with Gasteiger partial charge in [0, 0.05) is 24.6 Å². The quantitative estimate of drug-likeness (QED) is 0.835. The summed E-state index contributed by atoms with van der Waals surface area (Å²) < 4.78 is 26.6. The van der Waals surface area contributed by atoms with Gasteiger partial charge >= 0.3 is 0 Å². The van der Waals surface area contributed by atoms with Gasteiger partial charge < -0.3 is 0 Å². The number of benzene rings is 1. The fourth-order valence-electron chi connectivity index (χ4n) is 1.53. The number of rotatable bonds is 3. The van der Waals surface area contributed by atoms with Crippen LogP contribution >= 0.6 is 0 Å². The van der Waals surface area contributed by atoms with E-state index in [4.69, 9.17) is 5.26 Å². The molecule has 2 rings (SSSR count). The largest absolute Gasteiger partial charge is 0.241 e. The highest BCUT2D eigenvalue weighted by atomic mass is 19.1. The number of hydrogen-bond acceptors (Lipinski definition) is 3. The number of aryl methyl sites for hydroxylation is 1. The Kier molecular flexibility index (Phi) is 3.58. The molecule has 0 radical (unpaired) electrons. The summed E-state index contributed by atoms with van der Waals surface area (Å²) in [7, 11) is 0. The first-order valence-electron chi connectivity index (χ1n) is 5.35. The second-order valence-electron chi connectivity index (χ2n) is 3.64. The third kappa shape index (κ3) is 2.66.